The van der Waals surface area contributed by atoms with Crippen LogP contribution in [0.2, 0.25) is 0 Å². The van der Waals surface area contributed by atoms with Crippen molar-refractivity contribution < 1.29 is 24.2 Å². The molecule has 0 aromatic rings. The number of ether oxygens (including phenoxy) is 2. The molecule has 0 bridgehead atoms. The van der Waals surface area contributed by atoms with E-state index in [-0.39, 0.29) is 25.2 Å². The van der Waals surface area contributed by atoms with Gasteiger partial charge in [0.05, 0.1) is 6.61 Å². The highest BCUT2D eigenvalue weighted by atomic mass is 16.6. The number of aliphatic hydroxyl groups excluding tert-OH is 1. The van der Waals surface area contributed by atoms with Gasteiger partial charge in [-0.25, -0.2) is 0 Å². The van der Waals surface area contributed by atoms with E-state index in [0.717, 1.165) is 19.3 Å². The number of carbonyl (C=O) groups is 2. The lowest BCUT2D eigenvalue weighted by Crippen LogP contribution is -2.28. The van der Waals surface area contributed by atoms with Crippen LogP contribution in [0.15, 0.2) is 0 Å². The highest BCUT2D eigenvalue weighted by Crippen LogP contribution is 2.13. The van der Waals surface area contributed by atoms with Crippen molar-refractivity contribution in [3.05, 3.63) is 0 Å². The van der Waals surface area contributed by atoms with E-state index in [2.05, 4.69) is 6.92 Å². The second-order valence-corrected chi connectivity index (χ2v) is 7.72. The Bertz CT molecular complexity index is 370. The molecule has 0 aliphatic heterocycles. The largest absolute Gasteiger partial charge is 0.462 e. The van der Waals surface area contributed by atoms with Gasteiger partial charge < -0.3 is 14.6 Å². The van der Waals surface area contributed by atoms with Crippen LogP contribution in [-0.2, 0) is 19.1 Å². The number of aliphatic hydroxyl groups is 1. The summed E-state index contributed by atoms with van der Waals surface area (Å²) in [5, 5.41) is 9.19. The van der Waals surface area contributed by atoms with Crippen molar-refractivity contribution in [3.8, 4) is 0 Å². The van der Waals surface area contributed by atoms with Gasteiger partial charge in [0.15, 0.2) is 6.10 Å². The first-order valence-corrected chi connectivity index (χ1v) is 11.6. The fourth-order valence-corrected chi connectivity index (χ4v) is 3.12. The molecule has 5 heteroatoms. The second kappa shape index (κ2) is 20.6. The maximum Gasteiger partial charge on any atom is 0.306 e. The SMILES string of the molecule is CCCCCCCCCCCCCCCC(=O)OC[C@H](CO)OC(=O)CCC. The van der Waals surface area contributed by atoms with Gasteiger partial charge in [0, 0.05) is 12.8 Å². The minimum Gasteiger partial charge on any atom is -0.462 e. The zero-order chi connectivity index (χ0) is 20.9. The molecule has 0 unspecified atom stereocenters. The third-order valence-electron chi connectivity index (χ3n) is 4.87. The van der Waals surface area contributed by atoms with Crippen LogP contribution in [0.25, 0.3) is 0 Å². The third kappa shape index (κ3) is 18.3. The minimum atomic E-state index is -0.755. The lowest BCUT2D eigenvalue weighted by Gasteiger charge is -2.15. The normalized spacial score (nSPS) is 12.0. The molecular formula is C23H44O5. The van der Waals surface area contributed by atoms with Crippen LogP contribution in [0, 0.1) is 0 Å². The Hall–Kier alpha value is -1.10. The number of esters is 2. The summed E-state index contributed by atoms with van der Waals surface area (Å²) in [6.45, 7) is 3.73. The van der Waals surface area contributed by atoms with Crippen molar-refractivity contribution in [2.24, 2.45) is 0 Å². The molecule has 0 radical (unpaired) electrons. The van der Waals surface area contributed by atoms with E-state index in [0.29, 0.717) is 19.3 Å². The fraction of sp³-hybridized carbons (Fsp3) is 0.913. The van der Waals surface area contributed by atoms with E-state index >= 15 is 0 Å². The molecule has 1 atom stereocenters. The molecule has 166 valence electrons. The monoisotopic (exact) mass is 400 g/mol. The summed E-state index contributed by atoms with van der Waals surface area (Å²) in [7, 11) is 0. The number of rotatable bonds is 20. The van der Waals surface area contributed by atoms with Crippen LogP contribution >= 0.6 is 0 Å². The van der Waals surface area contributed by atoms with Gasteiger partial charge in [0.2, 0.25) is 0 Å². The standard InChI is InChI=1S/C23H44O5/c1-3-5-6-7-8-9-10-11-12-13-14-15-16-18-22(25)27-20-21(19-24)28-23(26)17-4-2/h21,24H,3-20H2,1-2H3/t21-/m0/s1. The van der Waals surface area contributed by atoms with Crippen molar-refractivity contribution in [1.82, 2.24) is 0 Å². The molecule has 0 aromatic carbocycles. The van der Waals surface area contributed by atoms with E-state index in [1.54, 1.807) is 0 Å². The molecule has 0 aromatic heterocycles. The quantitative estimate of drug-likeness (QED) is 0.209. The lowest BCUT2D eigenvalue weighted by molar-refractivity contribution is -0.161. The van der Waals surface area contributed by atoms with E-state index in [9.17, 15) is 14.7 Å². The summed E-state index contributed by atoms with van der Waals surface area (Å²) in [5.41, 5.74) is 0. The van der Waals surface area contributed by atoms with E-state index in [1.807, 2.05) is 6.92 Å². The molecule has 28 heavy (non-hydrogen) atoms. The lowest BCUT2D eigenvalue weighted by atomic mass is 10.0. The Balaban J connectivity index is 3.44. The molecule has 5 nitrogen and oxygen atoms in total. The topological polar surface area (TPSA) is 72.8 Å². The minimum absolute atomic E-state index is 0.0662. The molecule has 0 saturated heterocycles. The van der Waals surface area contributed by atoms with Gasteiger partial charge in [0.25, 0.3) is 0 Å². The predicted molar refractivity (Wildman–Crippen MR) is 113 cm³/mol. The summed E-state index contributed by atoms with van der Waals surface area (Å²) >= 11 is 0. The van der Waals surface area contributed by atoms with Crippen molar-refractivity contribution >= 4 is 11.9 Å². The first-order valence-electron chi connectivity index (χ1n) is 11.6. The maximum absolute atomic E-state index is 11.7. The summed E-state index contributed by atoms with van der Waals surface area (Å²) in [6, 6.07) is 0. The van der Waals surface area contributed by atoms with Crippen LogP contribution in [-0.4, -0.2) is 36.4 Å². The molecule has 1 N–H and O–H groups in total. The smallest absolute Gasteiger partial charge is 0.306 e. The molecule has 0 amide bonds. The van der Waals surface area contributed by atoms with Gasteiger partial charge in [-0.3, -0.25) is 9.59 Å². The average Bonchev–Trinajstić information content (AvgIpc) is 2.68. The predicted octanol–water partition coefficient (Wildman–Crippen LogP) is 5.72. The molecule has 0 spiro atoms. The van der Waals surface area contributed by atoms with E-state index in [1.165, 1.54) is 64.2 Å². The van der Waals surface area contributed by atoms with Crippen molar-refractivity contribution in [3.63, 3.8) is 0 Å². The zero-order valence-electron chi connectivity index (χ0n) is 18.4. The summed E-state index contributed by atoms with van der Waals surface area (Å²) in [6.07, 6.45) is 17.1. The van der Waals surface area contributed by atoms with E-state index in [4.69, 9.17) is 9.47 Å². The Morgan fingerprint density at radius 1 is 0.679 bits per heavy atom. The van der Waals surface area contributed by atoms with Crippen LogP contribution in [0.5, 0.6) is 0 Å². The van der Waals surface area contributed by atoms with Gasteiger partial charge in [-0.1, -0.05) is 90.9 Å². The highest BCUT2D eigenvalue weighted by molar-refractivity contribution is 5.70. The van der Waals surface area contributed by atoms with Crippen molar-refractivity contribution in [2.45, 2.75) is 123 Å². The van der Waals surface area contributed by atoms with Crippen molar-refractivity contribution in [2.75, 3.05) is 13.2 Å². The van der Waals surface area contributed by atoms with Crippen LogP contribution in [0.1, 0.15) is 117 Å². The van der Waals surface area contributed by atoms with Gasteiger partial charge in [-0.2, -0.15) is 0 Å². The number of unbranched alkanes of at least 4 members (excludes halogenated alkanes) is 12. The second-order valence-electron chi connectivity index (χ2n) is 7.72. The van der Waals surface area contributed by atoms with Crippen LogP contribution in [0.4, 0.5) is 0 Å². The Morgan fingerprint density at radius 2 is 1.18 bits per heavy atom. The number of carbonyl (C=O) groups excluding carboxylic acids is 2. The van der Waals surface area contributed by atoms with Crippen LogP contribution < -0.4 is 0 Å². The third-order valence-corrected chi connectivity index (χ3v) is 4.87. The van der Waals surface area contributed by atoms with E-state index < -0.39 is 6.10 Å². The Labute approximate surface area is 172 Å². The molecular weight excluding hydrogens is 356 g/mol. The highest BCUT2D eigenvalue weighted by Gasteiger charge is 2.15. The molecule has 0 aliphatic rings. The molecule has 0 fully saturated rings. The average molecular weight is 401 g/mol. The van der Waals surface area contributed by atoms with Crippen LogP contribution in [0.3, 0.4) is 0 Å². The summed E-state index contributed by atoms with van der Waals surface area (Å²) in [5.74, 6) is -0.651. The maximum atomic E-state index is 11.7. The van der Waals surface area contributed by atoms with Crippen molar-refractivity contribution in [1.29, 1.82) is 0 Å². The van der Waals surface area contributed by atoms with Gasteiger partial charge >= 0.3 is 11.9 Å². The first kappa shape index (κ1) is 26.9. The van der Waals surface area contributed by atoms with Gasteiger partial charge in [-0.05, 0) is 12.8 Å². The molecule has 0 heterocycles. The molecule has 0 saturated carbocycles. The fourth-order valence-electron chi connectivity index (χ4n) is 3.12. The number of hydrogen-bond acceptors (Lipinski definition) is 5. The Kier molecular flexibility index (Phi) is 19.8. The zero-order valence-corrected chi connectivity index (χ0v) is 18.4. The number of hydrogen-bond donors (Lipinski definition) is 1. The van der Waals surface area contributed by atoms with Gasteiger partial charge in [0.1, 0.15) is 6.61 Å². The Morgan fingerprint density at radius 3 is 1.64 bits per heavy atom. The summed E-state index contributed by atoms with van der Waals surface area (Å²) < 4.78 is 10.2. The molecule has 0 rings (SSSR count). The molecule has 0 aliphatic carbocycles. The first-order chi connectivity index (χ1) is 13.6. The van der Waals surface area contributed by atoms with Gasteiger partial charge in [-0.15, -0.1) is 0 Å². The summed E-state index contributed by atoms with van der Waals surface area (Å²) in [4.78, 5) is 23.1.